The van der Waals surface area contributed by atoms with Crippen molar-refractivity contribution in [3.63, 3.8) is 0 Å². The van der Waals surface area contributed by atoms with Gasteiger partial charge in [-0.25, -0.2) is 4.98 Å². The van der Waals surface area contributed by atoms with Gasteiger partial charge in [0.15, 0.2) is 0 Å². The molecule has 23 heavy (non-hydrogen) atoms. The number of hydrogen-bond acceptors (Lipinski definition) is 6. The molecular weight excluding hydrogens is 294 g/mol. The Bertz CT molecular complexity index is 649. The summed E-state index contributed by atoms with van der Waals surface area (Å²) in [7, 11) is 3.64. The van der Waals surface area contributed by atoms with E-state index in [1.165, 1.54) is 0 Å². The molecule has 2 aromatic heterocycles. The Kier molecular flexibility index (Phi) is 4.52. The molecule has 1 saturated heterocycles. The molecule has 1 N–H and O–H groups in total. The first-order valence-electron chi connectivity index (χ1n) is 7.64. The molecule has 0 spiro atoms. The van der Waals surface area contributed by atoms with Gasteiger partial charge in [-0.2, -0.15) is 5.10 Å². The number of nitrogens with one attached hydrogen (secondary N) is 1. The van der Waals surface area contributed by atoms with Crippen LogP contribution >= 0.6 is 0 Å². The van der Waals surface area contributed by atoms with Crippen molar-refractivity contribution in [3.8, 4) is 0 Å². The van der Waals surface area contributed by atoms with Crippen molar-refractivity contribution in [1.82, 2.24) is 30.0 Å². The first kappa shape index (κ1) is 15.4. The fourth-order valence-corrected chi connectivity index (χ4v) is 2.81. The maximum Gasteiger partial charge on any atom is 0.244 e. The topological polar surface area (TPSA) is 79.2 Å². The molecule has 1 aliphatic rings. The van der Waals surface area contributed by atoms with Gasteiger partial charge in [0, 0.05) is 57.4 Å². The molecule has 0 aliphatic carbocycles. The number of piperazine rings is 1. The highest BCUT2D eigenvalue weighted by atomic mass is 16.2. The summed E-state index contributed by atoms with van der Waals surface area (Å²) in [4.78, 5) is 25.2. The van der Waals surface area contributed by atoms with E-state index in [0.717, 1.165) is 24.5 Å². The molecule has 1 atom stereocenters. The Hall–Kier alpha value is -2.48. The normalized spacial score (nSPS) is 16.4. The molecule has 0 bridgehead atoms. The fraction of sp³-hybridized carbons (Fsp3) is 0.467. The van der Waals surface area contributed by atoms with Crippen LogP contribution in [0.15, 0.2) is 31.0 Å². The Labute approximate surface area is 135 Å². The van der Waals surface area contributed by atoms with Crippen molar-refractivity contribution in [3.05, 3.63) is 36.5 Å². The summed E-state index contributed by atoms with van der Waals surface area (Å²) in [6, 6.07) is -0.355. The minimum Gasteiger partial charge on any atom is -0.352 e. The standard InChI is InChI=1S/C15H21N7O/c1-16-14(12-9-19-20(2)11-12)15(23)22-7-5-21(6-8-22)13-10-17-3-4-18-13/h3-4,9-11,14,16H,5-8H2,1-2H3. The third-order valence-electron chi connectivity index (χ3n) is 4.06. The summed E-state index contributed by atoms with van der Waals surface area (Å²) >= 11 is 0. The lowest BCUT2D eigenvalue weighted by Gasteiger charge is -2.36. The number of aromatic nitrogens is 4. The lowest BCUT2D eigenvalue weighted by Crippen LogP contribution is -2.51. The highest BCUT2D eigenvalue weighted by Crippen LogP contribution is 2.17. The molecule has 1 aliphatic heterocycles. The number of anilines is 1. The molecule has 0 aromatic carbocycles. The van der Waals surface area contributed by atoms with Crippen LogP contribution in [0.3, 0.4) is 0 Å². The second-order valence-electron chi connectivity index (χ2n) is 5.54. The monoisotopic (exact) mass is 315 g/mol. The van der Waals surface area contributed by atoms with E-state index in [1.54, 1.807) is 36.5 Å². The van der Waals surface area contributed by atoms with Crippen molar-refractivity contribution in [2.45, 2.75) is 6.04 Å². The number of aryl methyl sites for hydroxylation is 1. The minimum absolute atomic E-state index is 0.0827. The smallest absolute Gasteiger partial charge is 0.244 e. The van der Waals surface area contributed by atoms with Crippen molar-refractivity contribution < 1.29 is 4.79 Å². The van der Waals surface area contributed by atoms with Crippen molar-refractivity contribution in [2.75, 3.05) is 38.1 Å². The van der Waals surface area contributed by atoms with E-state index in [2.05, 4.69) is 25.3 Å². The molecule has 0 saturated carbocycles. The largest absolute Gasteiger partial charge is 0.352 e. The second kappa shape index (κ2) is 6.74. The number of carbonyl (C=O) groups excluding carboxylic acids is 1. The summed E-state index contributed by atoms with van der Waals surface area (Å²) in [5, 5.41) is 7.24. The zero-order valence-electron chi connectivity index (χ0n) is 13.4. The Balaban J connectivity index is 1.63. The van der Waals surface area contributed by atoms with Crippen LogP contribution in [0.1, 0.15) is 11.6 Å². The average molecular weight is 315 g/mol. The lowest BCUT2D eigenvalue weighted by molar-refractivity contribution is -0.133. The molecular formula is C15H21N7O. The Morgan fingerprint density at radius 1 is 1.22 bits per heavy atom. The molecule has 3 heterocycles. The van der Waals surface area contributed by atoms with Gasteiger partial charge < -0.3 is 15.1 Å². The molecule has 0 radical (unpaired) electrons. The molecule has 122 valence electrons. The molecule has 1 amide bonds. The average Bonchev–Trinajstić information content (AvgIpc) is 3.02. The summed E-state index contributed by atoms with van der Waals surface area (Å²) in [6.45, 7) is 2.86. The Morgan fingerprint density at radius 3 is 2.57 bits per heavy atom. The van der Waals surface area contributed by atoms with E-state index in [1.807, 2.05) is 18.1 Å². The number of likely N-dealkylation sites (N-methyl/N-ethyl adjacent to an activating group) is 1. The van der Waals surface area contributed by atoms with Crippen LogP contribution in [0.25, 0.3) is 0 Å². The molecule has 8 heteroatoms. The van der Waals surface area contributed by atoms with Gasteiger partial charge in [0.1, 0.15) is 11.9 Å². The van der Waals surface area contributed by atoms with Crippen LogP contribution in [0, 0.1) is 0 Å². The predicted molar refractivity (Wildman–Crippen MR) is 85.8 cm³/mol. The number of rotatable bonds is 4. The third-order valence-corrected chi connectivity index (χ3v) is 4.06. The maximum absolute atomic E-state index is 12.8. The lowest BCUT2D eigenvalue weighted by atomic mass is 10.1. The number of hydrogen-bond donors (Lipinski definition) is 1. The highest BCUT2D eigenvalue weighted by Gasteiger charge is 2.28. The summed E-state index contributed by atoms with van der Waals surface area (Å²) in [5.74, 6) is 0.941. The van der Waals surface area contributed by atoms with Crippen LogP contribution < -0.4 is 10.2 Å². The van der Waals surface area contributed by atoms with Gasteiger partial charge in [0.25, 0.3) is 0 Å². The molecule has 8 nitrogen and oxygen atoms in total. The van der Waals surface area contributed by atoms with Crippen LogP contribution in [0.4, 0.5) is 5.82 Å². The quantitative estimate of drug-likeness (QED) is 0.843. The van der Waals surface area contributed by atoms with Gasteiger partial charge in [-0.3, -0.25) is 14.5 Å². The Morgan fingerprint density at radius 2 is 2.00 bits per heavy atom. The van der Waals surface area contributed by atoms with Crippen LogP contribution in [-0.4, -0.2) is 63.8 Å². The fourth-order valence-electron chi connectivity index (χ4n) is 2.81. The van der Waals surface area contributed by atoms with E-state index in [0.29, 0.717) is 13.1 Å². The first-order valence-corrected chi connectivity index (χ1v) is 7.64. The molecule has 3 rings (SSSR count). The van der Waals surface area contributed by atoms with E-state index in [-0.39, 0.29) is 11.9 Å². The number of nitrogens with zero attached hydrogens (tertiary/aromatic N) is 6. The first-order chi connectivity index (χ1) is 11.2. The van der Waals surface area contributed by atoms with Gasteiger partial charge in [-0.1, -0.05) is 0 Å². The van der Waals surface area contributed by atoms with E-state index < -0.39 is 0 Å². The molecule has 1 unspecified atom stereocenters. The highest BCUT2D eigenvalue weighted by molar-refractivity contribution is 5.83. The zero-order chi connectivity index (χ0) is 16.2. The SMILES string of the molecule is CNC(C(=O)N1CCN(c2cnccn2)CC1)c1cnn(C)c1. The van der Waals surface area contributed by atoms with E-state index >= 15 is 0 Å². The summed E-state index contributed by atoms with van der Waals surface area (Å²) in [6.07, 6.45) is 8.70. The van der Waals surface area contributed by atoms with Crippen molar-refractivity contribution in [1.29, 1.82) is 0 Å². The van der Waals surface area contributed by atoms with E-state index in [9.17, 15) is 4.79 Å². The second-order valence-corrected chi connectivity index (χ2v) is 5.54. The van der Waals surface area contributed by atoms with Gasteiger partial charge in [-0.05, 0) is 7.05 Å². The van der Waals surface area contributed by atoms with Crippen LogP contribution in [0.5, 0.6) is 0 Å². The van der Waals surface area contributed by atoms with Crippen LogP contribution in [-0.2, 0) is 11.8 Å². The molecule has 1 fully saturated rings. The van der Waals surface area contributed by atoms with Gasteiger partial charge in [-0.15, -0.1) is 0 Å². The van der Waals surface area contributed by atoms with Crippen molar-refractivity contribution in [2.24, 2.45) is 7.05 Å². The third kappa shape index (κ3) is 3.31. The van der Waals surface area contributed by atoms with Gasteiger partial charge in [0.05, 0.1) is 12.4 Å². The summed E-state index contributed by atoms with van der Waals surface area (Å²) < 4.78 is 1.71. The maximum atomic E-state index is 12.8. The van der Waals surface area contributed by atoms with Gasteiger partial charge >= 0.3 is 0 Å². The number of amides is 1. The van der Waals surface area contributed by atoms with Crippen molar-refractivity contribution >= 4 is 11.7 Å². The van der Waals surface area contributed by atoms with E-state index in [4.69, 9.17) is 0 Å². The van der Waals surface area contributed by atoms with Gasteiger partial charge in [0.2, 0.25) is 5.91 Å². The predicted octanol–water partition coefficient (Wildman–Crippen LogP) is -0.181. The summed E-state index contributed by atoms with van der Waals surface area (Å²) in [5.41, 5.74) is 0.886. The minimum atomic E-state index is -0.355. The number of carbonyl (C=O) groups is 1. The zero-order valence-corrected chi connectivity index (χ0v) is 13.4. The molecule has 2 aromatic rings. The van der Waals surface area contributed by atoms with Crippen LogP contribution in [0.2, 0.25) is 0 Å².